The number of nitrogens with zero attached hydrogens (tertiary/aromatic N) is 1. The van der Waals surface area contributed by atoms with Crippen molar-refractivity contribution >= 4 is 17.8 Å². The summed E-state index contributed by atoms with van der Waals surface area (Å²) in [5.41, 5.74) is 5.86. The molecule has 3 aromatic carbocycles. The van der Waals surface area contributed by atoms with Gasteiger partial charge >= 0.3 is 5.97 Å². The normalized spacial score (nSPS) is 11.4. The van der Waals surface area contributed by atoms with E-state index < -0.39 is 5.97 Å². The predicted octanol–water partition coefficient (Wildman–Crippen LogP) is 5.59. The zero-order valence-corrected chi connectivity index (χ0v) is 19.9. The second kappa shape index (κ2) is 12.3. The molecule has 0 aliphatic heterocycles. The molecule has 0 aliphatic carbocycles. The Morgan fingerprint density at radius 2 is 1.65 bits per heavy atom. The Kier molecular flexibility index (Phi) is 8.86. The fourth-order valence-corrected chi connectivity index (χ4v) is 3.40. The lowest BCUT2D eigenvalue weighted by Crippen LogP contribution is -2.08. The van der Waals surface area contributed by atoms with Crippen molar-refractivity contribution in [2.45, 2.75) is 27.1 Å². The van der Waals surface area contributed by atoms with Gasteiger partial charge in [0.05, 0.1) is 26.7 Å². The van der Waals surface area contributed by atoms with Gasteiger partial charge in [0.2, 0.25) is 0 Å². The third-order valence-corrected chi connectivity index (χ3v) is 5.24. The summed E-state index contributed by atoms with van der Waals surface area (Å²) in [6.07, 6.45) is 3.09. The molecule has 6 nitrogen and oxygen atoms in total. The molecule has 0 saturated carbocycles. The maximum absolute atomic E-state index is 12.2. The summed E-state index contributed by atoms with van der Waals surface area (Å²) in [5, 5.41) is 4.11. The van der Waals surface area contributed by atoms with Crippen LogP contribution in [0.1, 0.15) is 33.4 Å². The maximum atomic E-state index is 12.2. The summed E-state index contributed by atoms with van der Waals surface area (Å²) in [4.78, 5) is 17.6. The van der Waals surface area contributed by atoms with Crippen molar-refractivity contribution in [2.24, 2.45) is 5.16 Å². The van der Waals surface area contributed by atoms with Gasteiger partial charge in [-0.2, -0.15) is 0 Å². The Hall–Kier alpha value is -4.06. The molecule has 0 unspecified atom stereocenters. The molecule has 3 aromatic rings. The molecule has 0 atom stereocenters. The summed E-state index contributed by atoms with van der Waals surface area (Å²) in [7, 11) is 2.83. The lowest BCUT2D eigenvalue weighted by atomic mass is 10.0. The van der Waals surface area contributed by atoms with E-state index in [9.17, 15) is 4.79 Å². The number of methoxy groups -OCH3 is 2. The topological polar surface area (TPSA) is 66.4 Å². The molecule has 0 N–H and O–H groups in total. The second-order valence-corrected chi connectivity index (χ2v) is 7.67. The Balaban J connectivity index is 1.70. The lowest BCUT2D eigenvalue weighted by Gasteiger charge is -2.15. The number of carbonyl (C=O) groups is 1. The Labute approximate surface area is 200 Å². The summed E-state index contributed by atoms with van der Waals surface area (Å²) in [5.74, 6) is 0.282. The Morgan fingerprint density at radius 1 is 0.912 bits per heavy atom. The van der Waals surface area contributed by atoms with E-state index in [1.54, 1.807) is 6.21 Å². The molecule has 176 valence electrons. The van der Waals surface area contributed by atoms with Gasteiger partial charge in [-0.15, -0.1) is 0 Å². The minimum Gasteiger partial charge on any atom is -0.503 e. The monoisotopic (exact) mass is 459 g/mol. The molecule has 0 bridgehead atoms. The molecular formula is C28H29NO5. The number of oxime groups is 1. The van der Waals surface area contributed by atoms with E-state index >= 15 is 0 Å². The first-order chi connectivity index (χ1) is 16.5. The van der Waals surface area contributed by atoms with Gasteiger partial charge in [-0.05, 0) is 59.4 Å². The summed E-state index contributed by atoms with van der Waals surface area (Å²) in [6.45, 7) is 4.67. The molecule has 0 heterocycles. The van der Waals surface area contributed by atoms with E-state index in [-0.39, 0.29) is 6.61 Å². The van der Waals surface area contributed by atoms with Gasteiger partial charge in [0.25, 0.3) is 0 Å². The zero-order valence-electron chi connectivity index (χ0n) is 19.9. The largest absolute Gasteiger partial charge is 0.503 e. The van der Waals surface area contributed by atoms with Gasteiger partial charge in [0, 0.05) is 0 Å². The standard InChI is InChI=1S/C28H29NO5/c1-20-15-27(21(2)14-24(20)16-29-34-17-22-10-6-5-7-11-22)33-18-23-12-8-9-13-25(23)26(19-31-3)28(30)32-4/h5-16,19H,17-18H2,1-4H3/b26-19-,29-16+. The molecular weight excluding hydrogens is 430 g/mol. The van der Waals surface area contributed by atoms with Crippen LogP contribution in [0.4, 0.5) is 0 Å². The van der Waals surface area contributed by atoms with Crippen LogP contribution in [-0.4, -0.2) is 26.4 Å². The van der Waals surface area contributed by atoms with Crippen molar-refractivity contribution in [2.75, 3.05) is 14.2 Å². The number of hydrogen-bond donors (Lipinski definition) is 0. The third-order valence-electron chi connectivity index (χ3n) is 5.24. The van der Waals surface area contributed by atoms with Crippen LogP contribution in [0.5, 0.6) is 5.75 Å². The zero-order chi connectivity index (χ0) is 24.3. The highest BCUT2D eigenvalue weighted by atomic mass is 16.6. The van der Waals surface area contributed by atoms with E-state index in [2.05, 4.69) is 5.16 Å². The highest BCUT2D eigenvalue weighted by Crippen LogP contribution is 2.26. The highest BCUT2D eigenvalue weighted by Gasteiger charge is 2.17. The summed E-state index contributed by atoms with van der Waals surface area (Å²) < 4.78 is 16.1. The van der Waals surface area contributed by atoms with E-state index in [4.69, 9.17) is 19.0 Å². The van der Waals surface area contributed by atoms with Crippen molar-refractivity contribution in [3.8, 4) is 5.75 Å². The fourth-order valence-electron chi connectivity index (χ4n) is 3.40. The Bertz CT molecular complexity index is 1170. The van der Waals surface area contributed by atoms with Gasteiger partial charge in [-0.25, -0.2) is 4.79 Å². The number of esters is 1. The van der Waals surface area contributed by atoms with Crippen LogP contribution in [0, 0.1) is 13.8 Å². The summed E-state index contributed by atoms with van der Waals surface area (Å²) >= 11 is 0. The van der Waals surface area contributed by atoms with Crippen LogP contribution in [-0.2, 0) is 32.3 Å². The van der Waals surface area contributed by atoms with Crippen LogP contribution < -0.4 is 4.74 Å². The first kappa shape index (κ1) is 24.6. The molecule has 0 saturated heterocycles. The van der Waals surface area contributed by atoms with Crippen LogP contribution in [0.15, 0.2) is 78.1 Å². The highest BCUT2D eigenvalue weighted by molar-refractivity contribution is 6.16. The number of carbonyl (C=O) groups excluding carboxylic acids is 1. The quantitative estimate of drug-likeness (QED) is 0.130. The van der Waals surface area contributed by atoms with Crippen molar-refractivity contribution < 1.29 is 23.8 Å². The van der Waals surface area contributed by atoms with E-state index in [1.165, 1.54) is 20.5 Å². The minimum atomic E-state index is -0.473. The van der Waals surface area contributed by atoms with Crippen LogP contribution in [0.3, 0.4) is 0 Å². The first-order valence-electron chi connectivity index (χ1n) is 10.9. The van der Waals surface area contributed by atoms with Crippen LogP contribution >= 0.6 is 0 Å². The van der Waals surface area contributed by atoms with Gasteiger partial charge in [-0.3, -0.25) is 0 Å². The molecule has 6 heteroatoms. The van der Waals surface area contributed by atoms with Crippen molar-refractivity contribution in [3.05, 3.63) is 106 Å². The number of hydrogen-bond acceptors (Lipinski definition) is 6. The number of ether oxygens (including phenoxy) is 3. The fraction of sp³-hybridized carbons (Fsp3) is 0.214. The molecule has 3 rings (SSSR count). The number of benzene rings is 3. The van der Waals surface area contributed by atoms with Crippen LogP contribution in [0.25, 0.3) is 5.57 Å². The van der Waals surface area contributed by atoms with Gasteiger partial charge in [0.15, 0.2) is 0 Å². The van der Waals surface area contributed by atoms with Gasteiger partial charge in [0.1, 0.15) is 24.5 Å². The maximum Gasteiger partial charge on any atom is 0.341 e. The first-order valence-corrected chi connectivity index (χ1v) is 10.9. The molecule has 0 radical (unpaired) electrons. The van der Waals surface area contributed by atoms with Crippen LogP contribution in [0.2, 0.25) is 0 Å². The molecule has 0 amide bonds. The van der Waals surface area contributed by atoms with Gasteiger partial charge < -0.3 is 19.0 Å². The van der Waals surface area contributed by atoms with E-state index in [0.29, 0.717) is 17.7 Å². The lowest BCUT2D eigenvalue weighted by molar-refractivity contribution is -0.133. The SMILES string of the molecule is CO/C=C(\C(=O)OC)c1ccccc1COc1cc(C)c(/C=N/OCc2ccccc2)cc1C. The van der Waals surface area contributed by atoms with E-state index in [1.807, 2.05) is 80.6 Å². The molecule has 0 aromatic heterocycles. The van der Waals surface area contributed by atoms with E-state index in [0.717, 1.165) is 33.6 Å². The average molecular weight is 460 g/mol. The minimum absolute atomic E-state index is 0.280. The van der Waals surface area contributed by atoms with Crippen molar-refractivity contribution in [1.29, 1.82) is 0 Å². The molecule has 34 heavy (non-hydrogen) atoms. The van der Waals surface area contributed by atoms with Crippen molar-refractivity contribution in [1.82, 2.24) is 0 Å². The molecule has 0 spiro atoms. The van der Waals surface area contributed by atoms with Crippen molar-refractivity contribution in [3.63, 3.8) is 0 Å². The average Bonchev–Trinajstić information content (AvgIpc) is 2.86. The second-order valence-electron chi connectivity index (χ2n) is 7.67. The molecule has 0 fully saturated rings. The Morgan fingerprint density at radius 3 is 2.38 bits per heavy atom. The number of rotatable bonds is 10. The predicted molar refractivity (Wildman–Crippen MR) is 133 cm³/mol. The third kappa shape index (κ3) is 6.48. The summed E-state index contributed by atoms with van der Waals surface area (Å²) in [6, 6.07) is 21.4. The molecule has 0 aliphatic rings. The smallest absolute Gasteiger partial charge is 0.341 e. The number of aryl methyl sites for hydroxylation is 2. The van der Waals surface area contributed by atoms with Gasteiger partial charge in [-0.1, -0.05) is 59.8 Å².